The molecule has 3 rings (SSSR count). The number of fused-ring (bicyclic) bond motifs is 3. The highest BCUT2D eigenvalue weighted by Crippen LogP contribution is 2.53. The largest absolute Gasteiger partial charge is 0.368 e. The fourth-order valence-electron chi connectivity index (χ4n) is 1.41. The summed E-state index contributed by atoms with van der Waals surface area (Å²) in [6.07, 6.45) is 0.0889. The van der Waals surface area contributed by atoms with Gasteiger partial charge in [-0.2, -0.15) is 0 Å². The summed E-state index contributed by atoms with van der Waals surface area (Å²) in [5, 5.41) is 0. The predicted molar refractivity (Wildman–Crippen MR) is 43.7 cm³/mol. The van der Waals surface area contributed by atoms with Crippen LogP contribution in [-0.2, 0) is 18.3 Å². The van der Waals surface area contributed by atoms with E-state index in [1.54, 1.807) is 0 Å². The molecule has 5 heteroatoms. The van der Waals surface area contributed by atoms with Gasteiger partial charge in [-0.15, -0.1) is 0 Å². The smallest absolute Gasteiger partial charge is 0.333 e. The lowest BCUT2D eigenvalue weighted by molar-refractivity contribution is -0.200. The van der Waals surface area contributed by atoms with Crippen molar-refractivity contribution in [2.75, 3.05) is 19.8 Å². The monoisotopic (exact) mass is 192 g/mol. The van der Waals surface area contributed by atoms with Crippen LogP contribution in [0.15, 0.2) is 0 Å². The molecule has 0 spiro atoms. The van der Waals surface area contributed by atoms with Gasteiger partial charge in [-0.1, -0.05) is 0 Å². The van der Waals surface area contributed by atoms with Gasteiger partial charge in [-0.25, -0.2) is 0 Å². The van der Waals surface area contributed by atoms with Gasteiger partial charge < -0.3 is 18.3 Å². The first-order chi connectivity index (χ1) is 5.77. The second-order valence-corrected chi connectivity index (χ2v) is 4.19. The van der Waals surface area contributed by atoms with Crippen molar-refractivity contribution >= 4 is 8.60 Å². The normalized spacial score (nSPS) is 46.5. The lowest BCUT2D eigenvalue weighted by atomic mass is 10.00. The summed E-state index contributed by atoms with van der Waals surface area (Å²) >= 11 is 0. The minimum Gasteiger partial charge on any atom is -0.368 e. The van der Waals surface area contributed by atoms with Crippen molar-refractivity contribution in [2.24, 2.45) is 0 Å². The van der Waals surface area contributed by atoms with E-state index < -0.39 is 8.60 Å². The highest BCUT2D eigenvalue weighted by Gasteiger charge is 2.50. The average Bonchev–Trinajstić information content (AvgIpc) is 2.08. The molecule has 3 aliphatic rings. The van der Waals surface area contributed by atoms with Gasteiger partial charge in [-0.3, -0.25) is 0 Å². The van der Waals surface area contributed by atoms with Crippen LogP contribution in [0.2, 0.25) is 0 Å². The maximum atomic E-state index is 5.61. The van der Waals surface area contributed by atoms with Gasteiger partial charge in [-0.05, 0) is 13.8 Å². The molecule has 1 unspecified atom stereocenters. The Bertz CT molecular complexity index is 161. The maximum Gasteiger partial charge on any atom is 0.333 e. The molecule has 0 aromatic rings. The Morgan fingerprint density at radius 3 is 2.67 bits per heavy atom. The van der Waals surface area contributed by atoms with E-state index in [-0.39, 0.29) is 11.7 Å². The van der Waals surface area contributed by atoms with Crippen molar-refractivity contribution in [3.8, 4) is 0 Å². The van der Waals surface area contributed by atoms with Gasteiger partial charge in [0.1, 0.15) is 5.60 Å². The third-order valence-corrected chi connectivity index (χ3v) is 3.41. The maximum absolute atomic E-state index is 5.61. The summed E-state index contributed by atoms with van der Waals surface area (Å²) in [6, 6.07) is 0. The van der Waals surface area contributed by atoms with Gasteiger partial charge in [0.15, 0.2) is 0 Å². The molecule has 0 amide bonds. The van der Waals surface area contributed by atoms with Gasteiger partial charge in [0.05, 0.1) is 19.3 Å². The molecule has 70 valence electrons. The Morgan fingerprint density at radius 1 is 1.50 bits per heavy atom. The average molecular weight is 192 g/mol. The van der Waals surface area contributed by atoms with Gasteiger partial charge in [0, 0.05) is 6.61 Å². The van der Waals surface area contributed by atoms with Crippen LogP contribution in [0.4, 0.5) is 0 Å². The first kappa shape index (κ1) is 8.85. The fourth-order valence-corrected chi connectivity index (χ4v) is 2.71. The van der Waals surface area contributed by atoms with Crippen molar-refractivity contribution in [2.45, 2.75) is 25.6 Å². The van der Waals surface area contributed by atoms with Crippen LogP contribution in [0.1, 0.15) is 13.8 Å². The highest BCUT2D eigenvalue weighted by molar-refractivity contribution is 7.41. The van der Waals surface area contributed by atoms with Crippen molar-refractivity contribution in [3.05, 3.63) is 0 Å². The van der Waals surface area contributed by atoms with Crippen LogP contribution in [0.5, 0.6) is 0 Å². The number of hydrogen-bond acceptors (Lipinski definition) is 4. The molecular weight excluding hydrogens is 179 g/mol. The fraction of sp³-hybridized carbons (Fsp3) is 1.00. The van der Waals surface area contributed by atoms with Crippen molar-refractivity contribution < 1.29 is 18.3 Å². The highest BCUT2D eigenvalue weighted by atomic mass is 31.2. The van der Waals surface area contributed by atoms with Crippen LogP contribution in [-0.4, -0.2) is 31.5 Å². The van der Waals surface area contributed by atoms with E-state index in [0.29, 0.717) is 19.8 Å². The molecule has 4 nitrogen and oxygen atoms in total. The molecular formula is C7H13O4P. The second-order valence-electron chi connectivity index (χ2n) is 3.02. The van der Waals surface area contributed by atoms with Crippen molar-refractivity contribution in [1.29, 1.82) is 0 Å². The number of ether oxygens (including phenoxy) is 1. The van der Waals surface area contributed by atoms with Gasteiger partial charge in [0.25, 0.3) is 0 Å². The minimum absolute atomic E-state index is 0.0889. The Morgan fingerprint density at radius 2 is 2.17 bits per heavy atom. The predicted octanol–water partition coefficient (Wildman–Crippen LogP) is 1.45. The van der Waals surface area contributed by atoms with Crippen LogP contribution in [0.25, 0.3) is 0 Å². The molecule has 3 saturated heterocycles. The molecule has 0 N–H and O–H groups in total. The number of hydrogen-bond donors (Lipinski definition) is 0. The lowest BCUT2D eigenvalue weighted by Crippen LogP contribution is -2.57. The molecule has 3 fully saturated rings. The van der Waals surface area contributed by atoms with Crippen LogP contribution >= 0.6 is 8.60 Å². The molecule has 0 aromatic heterocycles. The molecule has 0 radical (unpaired) electrons. The molecule has 12 heavy (non-hydrogen) atoms. The lowest BCUT2D eigenvalue weighted by Gasteiger charge is -2.47. The summed E-state index contributed by atoms with van der Waals surface area (Å²) in [5.74, 6) is 0. The van der Waals surface area contributed by atoms with Crippen LogP contribution < -0.4 is 0 Å². The second kappa shape index (κ2) is 3.20. The van der Waals surface area contributed by atoms with Crippen molar-refractivity contribution in [3.63, 3.8) is 0 Å². The van der Waals surface area contributed by atoms with E-state index in [0.717, 1.165) is 0 Å². The molecule has 3 heterocycles. The Balaban J connectivity index is 2.09. The quantitative estimate of drug-likeness (QED) is 0.620. The zero-order valence-corrected chi connectivity index (χ0v) is 8.17. The Hall–Kier alpha value is 0.270. The van der Waals surface area contributed by atoms with Crippen molar-refractivity contribution in [1.82, 2.24) is 0 Å². The molecule has 0 saturated carbocycles. The summed E-state index contributed by atoms with van der Waals surface area (Å²) in [7, 11) is -1.07. The number of rotatable bonds is 2. The van der Waals surface area contributed by atoms with Crippen LogP contribution in [0.3, 0.4) is 0 Å². The minimum atomic E-state index is -1.07. The van der Waals surface area contributed by atoms with E-state index in [4.69, 9.17) is 18.3 Å². The first-order valence-corrected chi connectivity index (χ1v) is 5.23. The molecule has 0 aliphatic carbocycles. The Kier molecular flexibility index (Phi) is 2.36. The molecule has 1 atom stereocenters. The molecule has 2 bridgehead atoms. The zero-order chi connectivity index (χ0) is 8.60. The molecule has 0 aromatic carbocycles. The van der Waals surface area contributed by atoms with Gasteiger partial charge >= 0.3 is 8.60 Å². The van der Waals surface area contributed by atoms with E-state index in [1.165, 1.54) is 0 Å². The topological polar surface area (TPSA) is 36.9 Å². The standard InChI is InChI=1S/C7H13O4P/c1-3-8-7-4-9-12(10-5-7)11-6(7)2/h6H,3-5H2,1-2H3. The Labute approximate surface area is 73.1 Å². The van der Waals surface area contributed by atoms with Crippen LogP contribution in [0, 0.1) is 0 Å². The molecule has 3 aliphatic heterocycles. The summed E-state index contributed by atoms with van der Waals surface area (Å²) in [4.78, 5) is 0. The zero-order valence-electron chi connectivity index (χ0n) is 7.28. The summed E-state index contributed by atoms with van der Waals surface area (Å²) < 4.78 is 21.6. The van der Waals surface area contributed by atoms with E-state index in [2.05, 4.69) is 0 Å². The summed E-state index contributed by atoms with van der Waals surface area (Å²) in [5.41, 5.74) is -0.355. The first-order valence-electron chi connectivity index (χ1n) is 4.13. The third kappa shape index (κ3) is 1.28. The van der Waals surface area contributed by atoms with E-state index in [1.807, 2.05) is 13.8 Å². The third-order valence-electron chi connectivity index (χ3n) is 2.25. The summed E-state index contributed by atoms with van der Waals surface area (Å²) in [6.45, 7) is 5.85. The SMILES string of the molecule is CCOC12COP(OC1)OC2C. The van der Waals surface area contributed by atoms with Gasteiger partial charge in [0.2, 0.25) is 0 Å². The van der Waals surface area contributed by atoms with E-state index in [9.17, 15) is 0 Å². The van der Waals surface area contributed by atoms with E-state index >= 15 is 0 Å².